The van der Waals surface area contributed by atoms with Crippen molar-refractivity contribution in [2.75, 3.05) is 12.0 Å². The summed E-state index contributed by atoms with van der Waals surface area (Å²) in [6, 6.07) is 8.35. The summed E-state index contributed by atoms with van der Waals surface area (Å²) in [6.07, 6.45) is 1.29. The minimum atomic E-state index is -0.889. The first-order valence-electron chi connectivity index (χ1n) is 7.56. The Bertz CT molecular complexity index is 1010. The molecule has 2 N–H and O–H groups in total. The van der Waals surface area contributed by atoms with Gasteiger partial charge in [0.25, 0.3) is 11.8 Å². The number of carbonyl (C=O) groups is 3. The fourth-order valence-electron chi connectivity index (χ4n) is 2.51. The van der Waals surface area contributed by atoms with Crippen LogP contribution in [0.5, 0.6) is 11.5 Å². The fraction of sp³-hybridized carbons (Fsp3) is 0.0556. The summed E-state index contributed by atoms with van der Waals surface area (Å²) in [4.78, 5) is 38.0. The Morgan fingerprint density at radius 3 is 2.59 bits per heavy atom. The number of imide groups is 2. The van der Waals surface area contributed by atoms with Crippen LogP contribution in [0, 0.1) is 0 Å². The molecule has 0 radical (unpaired) electrons. The van der Waals surface area contributed by atoms with Gasteiger partial charge < -0.3 is 9.84 Å². The Morgan fingerprint density at radius 1 is 1.22 bits per heavy atom. The molecule has 0 bridgehead atoms. The van der Waals surface area contributed by atoms with Gasteiger partial charge in [-0.3, -0.25) is 14.9 Å². The minimum absolute atomic E-state index is 0.119. The number of hydrogen-bond donors (Lipinski definition) is 2. The van der Waals surface area contributed by atoms with E-state index >= 15 is 0 Å². The van der Waals surface area contributed by atoms with Gasteiger partial charge in [-0.15, -0.1) is 0 Å². The lowest BCUT2D eigenvalue weighted by Crippen LogP contribution is -2.54. The molecule has 0 aliphatic carbocycles. The van der Waals surface area contributed by atoms with Crippen LogP contribution in [0.3, 0.4) is 0 Å². The van der Waals surface area contributed by atoms with Crippen LogP contribution in [0.2, 0.25) is 5.02 Å². The zero-order valence-electron chi connectivity index (χ0n) is 13.8. The number of amides is 4. The van der Waals surface area contributed by atoms with Crippen molar-refractivity contribution in [2.24, 2.45) is 0 Å². The van der Waals surface area contributed by atoms with Gasteiger partial charge in [0.15, 0.2) is 11.5 Å². The molecule has 7 nitrogen and oxygen atoms in total. The summed E-state index contributed by atoms with van der Waals surface area (Å²) < 4.78 is 5.37. The quantitative estimate of drug-likeness (QED) is 0.550. The first-order valence-corrected chi connectivity index (χ1v) is 8.73. The molecule has 4 amide bonds. The lowest BCUT2D eigenvalue weighted by Gasteiger charge is -2.27. The molecule has 1 saturated heterocycles. The molecule has 0 spiro atoms. The number of rotatable bonds is 3. The Morgan fingerprint density at radius 2 is 1.93 bits per heavy atom. The number of halogens is 2. The van der Waals surface area contributed by atoms with E-state index in [2.05, 4.69) is 21.2 Å². The average Bonchev–Trinajstić information content (AvgIpc) is 2.62. The highest BCUT2D eigenvalue weighted by molar-refractivity contribution is 9.10. The molecule has 27 heavy (non-hydrogen) atoms. The van der Waals surface area contributed by atoms with Gasteiger partial charge in [0.05, 0.1) is 22.3 Å². The number of phenolic OH excluding ortho intramolecular Hbond substituents is 1. The van der Waals surface area contributed by atoms with E-state index in [9.17, 15) is 19.5 Å². The van der Waals surface area contributed by atoms with E-state index in [0.717, 1.165) is 4.90 Å². The number of aromatic hydroxyl groups is 1. The summed E-state index contributed by atoms with van der Waals surface area (Å²) in [5.74, 6) is -1.62. The van der Waals surface area contributed by atoms with Crippen molar-refractivity contribution in [3.63, 3.8) is 0 Å². The van der Waals surface area contributed by atoms with Crippen LogP contribution < -0.4 is 15.0 Å². The first-order chi connectivity index (χ1) is 12.8. The first kappa shape index (κ1) is 18.9. The maximum atomic E-state index is 12.8. The summed E-state index contributed by atoms with van der Waals surface area (Å²) in [6.45, 7) is 0. The smallest absolute Gasteiger partial charge is 0.335 e. The van der Waals surface area contributed by atoms with Crippen LogP contribution in [-0.2, 0) is 9.59 Å². The van der Waals surface area contributed by atoms with Gasteiger partial charge in [-0.25, -0.2) is 9.69 Å². The lowest BCUT2D eigenvalue weighted by atomic mass is 10.1. The summed E-state index contributed by atoms with van der Waals surface area (Å²) >= 11 is 9.26. The number of methoxy groups -OCH3 is 1. The van der Waals surface area contributed by atoms with Gasteiger partial charge in [0.1, 0.15) is 5.57 Å². The van der Waals surface area contributed by atoms with Crippen LogP contribution in [0.4, 0.5) is 10.5 Å². The molecule has 0 unspecified atom stereocenters. The van der Waals surface area contributed by atoms with Gasteiger partial charge in [-0.1, -0.05) is 23.7 Å². The molecule has 0 saturated carbocycles. The third-order valence-electron chi connectivity index (χ3n) is 3.78. The molecule has 1 fully saturated rings. The second-order valence-electron chi connectivity index (χ2n) is 5.46. The standard InChI is InChI=1S/C18H12BrClN2O5/c1-27-14-8-9(7-11(19)15(14)23)6-10-16(24)21-18(26)22(17(10)25)13-5-3-2-4-12(13)20/h2-8,23H,1H3,(H,21,24,26)/b10-6-. The van der Waals surface area contributed by atoms with Crippen molar-refractivity contribution in [2.45, 2.75) is 0 Å². The van der Waals surface area contributed by atoms with Crippen LogP contribution in [0.1, 0.15) is 5.56 Å². The summed E-state index contributed by atoms with van der Waals surface area (Å²) in [7, 11) is 1.37. The van der Waals surface area contributed by atoms with Gasteiger partial charge >= 0.3 is 6.03 Å². The molecule has 138 valence electrons. The maximum Gasteiger partial charge on any atom is 0.335 e. The molecule has 0 atom stereocenters. The number of phenols is 1. The Labute approximate surface area is 167 Å². The number of carbonyl (C=O) groups excluding carboxylic acids is 3. The number of hydrogen-bond acceptors (Lipinski definition) is 5. The van der Waals surface area contributed by atoms with Crippen LogP contribution in [-0.4, -0.2) is 30.1 Å². The van der Waals surface area contributed by atoms with Crippen molar-refractivity contribution in [3.8, 4) is 11.5 Å². The van der Waals surface area contributed by atoms with E-state index in [1.165, 1.54) is 37.5 Å². The number of ether oxygens (including phenoxy) is 1. The largest absolute Gasteiger partial charge is 0.503 e. The number of nitrogens with zero attached hydrogens (tertiary/aromatic N) is 1. The zero-order valence-corrected chi connectivity index (χ0v) is 16.2. The number of para-hydroxylation sites is 1. The monoisotopic (exact) mass is 450 g/mol. The molecular formula is C18H12BrClN2O5. The van der Waals surface area contributed by atoms with Crippen LogP contribution >= 0.6 is 27.5 Å². The highest BCUT2D eigenvalue weighted by Crippen LogP contribution is 2.36. The molecule has 9 heteroatoms. The normalized spacial score (nSPS) is 15.9. The minimum Gasteiger partial charge on any atom is -0.503 e. The van der Waals surface area contributed by atoms with Crippen LogP contribution in [0.25, 0.3) is 6.08 Å². The van der Waals surface area contributed by atoms with Crippen LogP contribution in [0.15, 0.2) is 46.4 Å². The van der Waals surface area contributed by atoms with Crippen molar-refractivity contribution in [1.29, 1.82) is 0 Å². The third kappa shape index (κ3) is 3.54. The lowest BCUT2D eigenvalue weighted by molar-refractivity contribution is -0.122. The Kier molecular flexibility index (Phi) is 5.20. The number of barbiturate groups is 1. The highest BCUT2D eigenvalue weighted by Gasteiger charge is 2.37. The Hall–Kier alpha value is -2.84. The van der Waals surface area contributed by atoms with E-state index in [1.807, 2.05) is 0 Å². The van der Waals surface area contributed by atoms with Gasteiger partial charge in [0, 0.05) is 0 Å². The van der Waals surface area contributed by atoms with Gasteiger partial charge in [-0.05, 0) is 51.8 Å². The van der Waals surface area contributed by atoms with Crippen molar-refractivity contribution in [1.82, 2.24) is 5.32 Å². The van der Waals surface area contributed by atoms with E-state index in [0.29, 0.717) is 10.0 Å². The summed E-state index contributed by atoms with van der Waals surface area (Å²) in [5.41, 5.74) is 0.294. The molecule has 0 aromatic heterocycles. The van der Waals surface area contributed by atoms with E-state index in [4.69, 9.17) is 16.3 Å². The zero-order chi connectivity index (χ0) is 19.7. The highest BCUT2D eigenvalue weighted by atomic mass is 79.9. The molecular weight excluding hydrogens is 440 g/mol. The SMILES string of the molecule is COc1cc(/C=C2/C(=O)NC(=O)N(c3ccccc3Cl)C2=O)cc(Br)c1O. The predicted molar refractivity (Wildman–Crippen MR) is 103 cm³/mol. The van der Waals surface area contributed by atoms with Gasteiger partial charge in [0.2, 0.25) is 0 Å². The molecule has 3 rings (SSSR count). The molecule has 1 aliphatic heterocycles. The molecule has 2 aromatic carbocycles. The van der Waals surface area contributed by atoms with Crippen molar-refractivity contribution in [3.05, 3.63) is 57.0 Å². The summed E-state index contributed by atoms with van der Waals surface area (Å²) in [5, 5.41) is 12.2. The predicted octanol–water partition coefficient (Wildman–Crippen LogP) is 3.48. The van der Waals surface area contributed by atoms with E-state index in [1.54, 1.807) is 12.1 Å². The second-order valence-corrected chi connectivity index (χ2v) is 6.72. The third-order valence-corrected chi connectivity index (χ3v) is 4.70. The van der Waals surface area contributed by atoms with E-state index < -0.39 is 17.8 Å². The number of nitrogens with one attached hydrogen (secondary N) is 1. The molecule has 1 heterocycles. The van der Waals surface area contributed by atoms with E-state index in [-0.39, 0.29) is 27.8 Å². The number of urea groups is 1. The van der Waals surface area contributed by atoms with Crippen molar-refractivity contribution < 1.29 is 24.2 Å². The second kappa shape index (κ2) is 7.42. The maximum absolute atomic E-state index is 12.8. The fourth-order valence-corrected chi connectivity index (χ4v) is 3.19. The van der Waals surface area contributed by atoms with Crippen molar-refractivity contribution >= 4 is 57.1 Å². The topological polar surface area (TPSA) is 95.9 Å². The number of anilines is 1. The molecule has 2 aromatic rings. The average molecular weight is 452 g/mol. The number of benzene rings is 2. The Balaban J connectivity index is 2.08. The van der Waals surface area contributed by atoms with Gasteiger partial charge in [-0.2, -0.15) is 0 Å². The molecule has 1 aliphatic rings.